The fraction of sp³-hybridized carbons (Fsp3) is 0.250. The van der Waals surface area contributed by atoms with E-state index in [9.17, 15) is 0 Å². The molecule has 0 aliphatic carbocycles. The molecule has 1 aromatic carbocycles. The lowest BCUT2D eigenvalue weighted by Gasteiger charge is -2.09. The molecule has 1 unspecified atom stereocenters. The number of rotatable bonds is 3. The monoisotopic (exact) mass is 361 g/mol. The lowest BCUT2D eigenvalue weighted by atomic mass is 10.1. The summed E-state index contributed by atoms with van der Waals surface area (Å²) in [6.07, 6.45) is 4.55. The smallest absolute Gasteiger partial charge is 0.0661 e. The Morgan fingerprint density at radius 2 is 2.29 bits per heavy atom. The van der Waals surface area contributed by atoms with Crippen LogP contribution in [0.25, 0.3) is 5.69 Å². The Morgan fingerprint density at radius 1 is 1.53 bits per heavy atom. The van der Waals surface area contributed by atoms with Gasteiger partial charge in [0, 0.05) is 17.3 Å². The van der Waals surface area contributed by atoms with Crippen LogP contribution in [-0.2, 0) is 6.42 Å². The van der Waals surface area contributed by atoms with Crippen molar-refractivity contribution < 1.29 is 0 Å². The Balaban J connectivity index is 2.30. The molecule has 0 saturated carbocycles. The number of benzene rings is 1. The molecule has 0 aliphatic heterocycles. The minimum absolute atomic E-state index is 0.115. The van der Waals surface area contributed by atoms with Gasteiger partial charge in [-0.15, -0.1) is 0 Å². The van der Waals surface area contributed by atoms with Crippen LogP contribution in [0.4, 0.5) is 0 Å². The fourth-order valence-electron chi connectivity index (χ4n) is 1.63. The minimum atomic E-state index is 0.115. The van der Waals surface area contributed by atoms with E-state index in [0.29, 0.717) is 0 Å². The van der Waals surface area contributed by atoms with Gasteiger partial charge in [-0.3, -0.25) is 0 Å². The van der Waals surface area contributed by atoms with Crippen molar-refractivity contribution in [2.75, 3.05) is 0 Å². The minimum Gasteiger partial charge on any atom is -0.328 e. The third-order valence-electron chi connectivity index (χ3n) is 2.39. The van der Waals surface area contributed by atoms with E-state index < -0.39 is 0 Å². The van der Waals surface area contributed by atoms with Gasteiger partial charge in [-0.25, -0.2) is 4.68 Å². The number of hydrogen-bond donors (Lipinski definition) is 1. The number of nitrogens with two attached hydrogens (primary N) is 1. The van der Waals surface area contributed by atoms with Gasteiger partial charge in [0.25, 0.3) is 0 Å². The third-order valence-corrected chi connectivity index (χ3v) is 3.30. The van der Waals surface area contributed by atoms with Crippen LogP contribution in [0.1, 0.15) is 12.5 Å². The molecule has 0 amide bonds. The van der Waals surface area contributed by atoms with E-state index in [-0.39, 0.29) is 6.04 Å². The Morgan fingerprint density at radius 3 is 2.82 bits per heavy atom. The summed E-state index contributed by atoms with van der Waals surface area (Å²) in [6.45, 7) is 1.97. The van der Waals surface area contributed by atoms with Gasteiger partial charge in [-0.05, 0) is 53.6 Å². The molecular formula is C12H13ClIN3. The zero-order valence-electron chi connectivity index (χ0n) is 9.40. The number of hydrogen-bond acceptors (Lipinski definition) is 2. The highest BCUT2D eigenvalue weighted by Crippen LogP contribution is 2.21. The summed E-state index contributed by atoms with van der Waals surface area (Å²) < 4.78 is 2.90. The van der Waals surface area contributed by atoms with Crippen molar-refractivity contribution in [2.24, 2.45) is 5.73 Å². The quantitative estimate of drug-likeness (QED) is 0.854. The molecule has 1 aromatic heterocycles. The summed E-state index contributed by atoms with van der Waals surface area (Å²) in [5.74, 6) is 0. The van der Waals surface area contributed by atoms with E-state index in [4.69, 9.17) is 17.3 Å². The van der Waals surface area contributed by atoms with Gasteiger partial charge in [0.1, 0.15) is 0 Å². The van der Waals surface area contributed by atoms with E-state index >= 15 is 0 Å². The second-order valence-electron chi connectivity index (χ2n) is 4.06. The summed E-state index contributed by atoms with van der Waals surface area (Å²) in [6, 6.07) is 6.05. The fourth-order valence-corrected chi connectivity index (χ4v) is 2.27. The van der Waals surface area contributed by atoms with Crippen LogP contribution in [0, 0.1) is 3.57 Å². The molecule has 0 bridgehead atoms. The van der Waals surface area contributed by atoms with E-state index in [1.807, 2.05) is 42.2 Å². The predicted octanol–water partition coefficient (Wildman–Crippen LogP) is 3.02. The summed E-state index contributed by atoms with van der Waals surface area (Å²) in [7, 11) is 0. The lowest BCUT2D eigenvalue weighted by Crippen LogP contribution is -2.18. The van der Waals surface area contributed by atoms with Crippen LogP contribution in [0.15, 0.2) is 30.6 Å². The number of halogens is 2. The van der Waals surface area contributed by atoms with Gasteiger partial charge >= 0.3 is 0 Å². The van der Waals surface area contributed by atoms with Gasteiger partial charge in [0.2, 0.25) is 0 Å². The first kappa shape index (κ1) is 12.9. The normalized spacial score (nSPS) is 12.7. The molecule has 0 saturated heterocycles. The molecule has 90 valence electrons. The average molecular weight is 362 g/mol. The van der Waals surface area contributed by atoms with Gasteiger partial charge < -0.3 is 5.73 Å². The highest BCUT2D eigenvalue weighted by Gasteiger charge is 2.06. The third kappa shape index (κ3) is 3.20. The zero-order chi connectivity index (χ0) is 12.4. The van der Waals surface area contributed by atoms with Crippen molar-refractivity contribution in [1.82, 2.24) is 9.78 Å². The molecule has 2 rings (SSSR count). The van der Waals surface area contributed by atoms with Crippen molar-refractivity contribution in [1.29, 1.82) is 0 Å². The summed E-state index contributed by atoms with van der Waals surface area (Å²) in [5, 5.41) is 4.98. The maximum atomic E-state index is 6.23. The van der Waals surface area contributed by atoms with Crippen LogP contribution >= 0.6 is 34.2 Å². The second kappa shape index (κ2) is 5.37. The SMILES string of the molecule is CC(N)Cc1ccc(-n2cc(I)cn2)cc1Cl. The van der Waals surface area contributed by atoms with Crippen molar-refractivity contribution in [3.05, 3.63) is 44.7 Å². The van der Waals surface area contributed by atoms with Crippen LogP contribution in [-0.4, -0.2) is 15.8 Å². The van der Waals surface area contributed by atoms with Crippen molar-refractivity contribution in [2.45, 2.75) is 19.4 Å². The van der Waals surface area contributed by atoms with Gasteiger partial charge in [0.15, 0.2) is 0 Å². The first-order valence-corrected chi connectivity index (χ1v) is 6.76. The standard InChI is InChI=1S/C12H13ClIN3/c1-8(15)4-9-2-3-11(5-12(9)13)17-7-10(14)6-16-17/h2-3,5-8H,4,15H2,1H3. The van der Waals surface area contributed by atoms with E-state index in [2.05, 4.69) is 27.7 Å². The first-order chi connectivity index (χ1) is 8.06. The second-order valence-corrected chi connectivity index (χ2v) is 5.71. The Bertz CT molecular complexity index is 522. The molecule has 0 radical (unpaired) electrons. The van der Waals surface area contributed by atoms with Gasteiger partial charge in [-0.1, -0.05) is 17.7 Å². The largest absolute Gasteiger partial charge is 0.328 e. The maximum Gasteiger partial charge on any atom is 0.0661 e. The molecule has 0 spiro atoms. The van der Waals surface area contributed by atoms with Crippen LogP contribution in [0.2, 0.25) is 5.02 Å². The molecule has 3 nitrogen and oxygen atoms in total. The number of aromatic nitrogens is 2. The summed E-state index contributed by atoms with van der Waals surface area (Å²) >= 11 is 8.46. The molecule has 0 aliphatic rings. The summed E-state index contributed by atoms with van der Waals surface area (Å²) in [5.41, 5.74) is 7.81. The summed E-state index contributed by atoms with van der Waals surface area (Å²) in [4.78, 5) is 0. The van der Waals surface area contributed by atoms with Crippen LogP contribution < -0.4 is 5.73 Å². The highest BCUT2D eigenvalue weighted by atomic mass is 127. The average Bonchev–Trinajstić information content (AvgIpc) is 2.67. The molecule has 2 N–H and O–H groups in total. The van der Waals surface area contributed by atoms with Gasteiger partial charge in [0.05, 0.1) is 15.5 Å². The zero-order valence-corrected chi connectivity index (χ0v) is 12.3. The van der Waals surface area contributed by atoms with Crippen molar-refractivity contribution in [3.63, 3.8) is 0 Å². The van der Waals surface area contributed by atoms with E-state index in [0.717, 1.165) is 26.3 Å². The van der Waals surface area contributed by atoms with E-state index in [1.165, 1.54) is 0 Å². The molecular weight excluding hydrogens is 349 g/mol. The number of nitrogens with zero attached hydrogens (tertiary/aromatic N) is 2. The lowest BCUT2D eigenvalue weighted by molar-refractivity contribution is 0.737. The highest BCUT2D eigenvalue weighted by molar-refractivity contribution is 14.1. The Hall–Kier alpha value is -0.590. The first-order valence-electron chi connectivity index (χ1n) is 5.31. The van der Waals surface area contributed by atoms with Crippen molar-refractivity contribution >= 4 is 34.2 Å². The maximum absolute atomic E-state index is 6.23. The molecule has 2 aromatic rings. The molecule has 1 heterocycles. The molecule has 5 heteroatoms. The van der Waals surface area contributed by atoms with Crippen LogP contribution in [0.3, 0.4) is 0 Å². The molecule has 17 heavy (non-hydrogen) atoms. The van der Waals surface area contributed by atoms with Gasteiger partial charge in [-0.2, -0.15) is 5.10 Å². The topological polar surface area (TPSA) is 43.8 Å². The van der Waals surface area contributed by atoms with E-state index in [1.54, 1.807) is 0 Å². The van der Waals surface area contributed by atoms with Crippen molar-refractivity contribution in [3.8, 4) is 5.69 Å². The Labute approximate surface area is 119 Å². The predicted molar refractivity (Wildman–Crippen MR) is 78.6 cm³/mol. The van der Waals surface area contributed by atoms with Crippen LogP contribution in [0.5, 0.6) is 0 Å². The Kier molecular flexibility index (Phi) is 4.06. The molecule has 1 atom stereocenters. The molecule has 0 fully saturated rings.